The van der Waals surface area contributed by atoms with Gasteiger partial charge in [0.15, 0.2) is 0 Å². The van der Waals surface area contributed by atoms with Crippen LogP contribution < -0.4 is 5.73 Å². The number of anilines is 1. The van der Waals surface area contributed by atoms with Crippen molar-refractivity contribution in [2.75, 3.05) is 18.8 Å². The number of benzene rings is 1. The Balaban J connectivity index is 2.29. The Labute approximate surface area is 118 Å². The van der Waals surface area contributed by atoms with Crippen LogP contribution in [0.25, 0.3) is 0 Å². The van der Waals surface area contributed by atoms with Crippen LogP contribution in [0.1, 0.15) is 13.8 Å². The third-order valence-corrected chi connectivity index (χ3v) is 5.65. The smallest absolute Gasteiger partial charge is 0.245 e. The Kier molecular flexibility index (Phi) is 3.55. The van der Waals surface area contributed by atoms with Crippen molar-refractivity contribution in [1.29, 1.82) is 0 Å². The van der Waals surface area contributed by atoms with E-state index < -0.39 is 15.6 Å². The van der Waals surface area contributed by atoms with E-state index in [0.29, 0.717) is 5.02 Å². The lowest BCUT2D eigenvalue weighted by Crippen LogP contribution is -2.65. The summed E-state index contributed by atoms with van der Waals surface area (Å²) in [6, 6.07) is 4.33. The quantitative estimate of drug-likeness (QED) is 0.825. The lowest BCUT2D eigenvalue weighted by Gasteiger charge is -2.47. The number of hydrogen-bond acceptors (Lipinski definition) is 4. The molecule has 0 aromatic heterocycles. The third kappa shape index (κ3) is 2.45. The predicted octanol–water partition coefficient (Wildman–Crippen LogP) is 1.31. The Morgan fingerprint density at radius 3 is 2.53 bits per heavy atom. The molecular formula is C12H17ClN2O3S. The van der Waals surface area contributed by atoms with Crippen LogP contribution in [-0.4, -0.2) is 36.5 Å². The van der Waals surface area contributed by atoms with Crippen LogP contribution in [-0.2, 0) is 10.0 Å². The van der Waals surface area contributed by atoms with Gasteiger partial charge < -0.3 is 10.8 Å². The maximum absolute atomic E-state index is 12.4. The van der Waals surface area contributed by atoms with E-state index in [1.165, 1.54) is 22.5 Å². The first-order valence-electron chi connectivity index (χ1n) is 5.94. The van der Waals surface area contributed by atoms with Crippen LogP contribution in [0.3, 0.4) is 0 Å². The number of nitrogens with zero attached hydrogens (tertiary/aromatic N) is 1. The van der Waals surface area contributed by atoms with Gasteiger partial charge in [0.1, 0.15) is 4.90 Å². The SMILES string of the molecule is CC(C)C1(O)CN(S(=O)(=O)c2cc(Cl)ccc2N)C1. The van der Waals surface area contributed by atoms with Crippen molar-refractivity contribution >= 4 is 27.3 Å². The molecule has 0 aliphatic carbocycles. The molecule has 0 spiro atoms. The van der Waals surface area contributed by atoms with Crippen LogP contribution >= 0.6 is 11.6 Å². The topological polar surface area (TPSA) is 83.6 Å². The molecule has 0 radical (unpaired) electrons. The first-order chi connectivity index (χ1) is 8.67. The van der Waals surface area contributed by atoms with Crippen LogP contribution in [0.4, 0.5) is 5.69 Å². The van der Waals surface area contributed by atoms with Gasteiger partial charge in [-0.15, -0.1) is 0 Å². The Morgan fingerprint density at radius 1 is 1.42 bits per heavy atom. The largest absolute Gasteiger partial charge is 0.398 e. The average Bonchev–Trinajstić information content (AvgIpc) is 2.27. The first-order valence-corrected chi connectivity index (χ1v) is 7.76. The second kappa shape index (κ2) is 4.63. The zero-order valence-electron chi connectivity index (χ0n) is 10.8. The first kappa shape index (κ1) is 14.6. The van der Waals surface area contributed by atoms with Gasteiger partial charge in [-0.1, -0.05) is 25.4 Å². The van der Waals surface area contributed by atoms with Gasteiger partial charge in [0, 0.05) is 18.1 Å². The number of nitrogen functional groups attached to an aromatic ring is 1. The lowest BCUT2D eigenvalue weighted by atomic mass is 9.85. The van der Waals surface area contributed by atoms with Crippen LogP contribution in [0.5, 0.6) is 0 Å². The van der Waals surface area contributed by atoms with E-state index in [1.54, 1.807) is 0 Å². The van der Waals surface area contributed by atoms with Crippen molar-refractivity contribution in [3.8, 4) is 0 Å². The van der Waals surface area contributed by atoms with Gasteiger partial charge in [-0.2, -0.15) is 4.31 Å². The van der Waals surface area contributed by atoms with Crippen LogP contribution in [0.2, 0.25) is 5.02 Å². The minimum absolute atomic E-state index is 0.00402. The average molecular weight is 305 g/mol. The highest BCUT2D eigenvalue weighted by atomic mass is 35.5. The van der Waals surface area contributed by atoms with E-state index in [2.05, 4.69) is 0 Å². The standard InChI is InChI=1S/C12H17ClN2O3S/c1-8(2)12(16)6-15(7-12)19(17,18)11-5-9(13)3-4-10(11)14/h3-5,8,16H,6-7,14H2,1-2H3. The predicted molar refractivity (Wildman–Crippen MR) is 74.4 cm³/mol. The summed E-state index contributed by atoms with van der Waals surface area (Å²) in [5.74, 6) is -0.00402. The maximum Gasteiger partial charge on any atom is 0.245 e. The van der Waals surface area contributed by atoms with E-state index in [0.717, 1.165) is 0 Å². The fourth-order valence-electron chi connectivity index (χ4n) is 1.97. The van der Waals surface area contributed by atoms with Crippen LogP contribution in [0, 0.1) is 5.92 Å². The summed E-state index contributed by atoms with van der Waals surface area (Å²) >= 11 is 5.81. The zero-order valence-corrected chi connectivity index (χ0v) is 12.4. The summed E-state index contributed by atoms with van der Waals surface area (Å²) in [6.07, 6.45) is 0. The molecule has 3 N–H and O–H groups in total. The van der Waals surface area contributed by atoms with Crippen molar-refractivity contribution in [1.82, 2.24) is 4.31 Å². The molecule has 1 aliphatic rings. The minimum atomic E-state index is -3.70. The number of β-amino-alcohol motifs (C(OH)–C–C–N with tert-alkyl or cyclic N) is 1. The van der Waals surface area contributed by atoms with Crippen molar-refractivity contribution < 1.29 is 13.5 Å². The molecule has 106 valence electrons. The van der Waals surface area contributed by atoms with Crippen molar-refractivity contribution in [3.63, 3.8) is 0 Å². The van der Waals surface area contributed by atoms with E-state index in [9.17, 15) is 13.5 Å². The molecule has 1 heterocycles. The van der Waals surface area contributed by atoms with Gasteiger partial charge in [0.25, 0.3) is 0 Å². The fourth-order valence-corrected chi connectivity index (χ4v) is 3.91. The van der Waals surface area contributed by atoms with E-state index in [-0.39, 0.29) is 29.6 Å². The van der Waals surface area contributed by atoms with E-state index in [1.807, 2.05) is 13.8 Å². The monoisotopic (exact) mass is 304 g/mol. The molecule has 1 aromatic rings. The Morgan fingerprint density at radius 2 is 2.00 bits per heavy atom. The molecule has 1 aromatic carbocycles. The maximum atomic E-state index is 12.4. The number of halogens is 1. The Bertz CT molecular complexity index is 595. The highest BCUT2D eigenvalue weighted by molar-refractivity contribution is 7.89. The van der Waals surface area contributed by atoms with Crippen molar-refractivity contribution in [3.05, 3.63) is 23.2 Å². The number of aliphatic hydroxyl groups is 1. The summed E-state index contributed by atoms with van der Waals surface area (Å²) in [5.41, 5.74) is 4.89. The number of nitrogens with two attached hydrogens (primary N) is 1. The second-order valence-corrected chi connectivity index (χ2v) is 7.56. The van der Waals surface area contributed by atoms with Gasteiger partial charge in [0.05, 0.1) is 11.3 Å². The normalized spacial score (nSPS) is 19.4. The minimum Gasteiger partial charge on any atom is -0.398 e. The fraction of sp³-hybridized carbons (Fsp3) is 0.500. The molecule has 1 saturated heterocycles. The molecule has 19 heavy (non-hydrogen) atoms. The molecule has 7 heteroatoms. The van der Waals surface area contributed by atoms with Gasteiger partial charge >= 0.3 is 0 Å². The summed E-state index contributed by atoms with van der Waals surface area (Å²) < 4.78 is 26.0. The lowest BCUT2D eigenvalue weighted by molar-refractivity contribution is -0.0932. The molecule has 0 atom stereocenters. The molecule has 0 amide bonds. The molecule has 0 unspecified atom stereocenters. The molecular weight excluding hydrogens is 288 g/mol. The summed E-state index contributed by atoms with van der Waals surface area (Å²) in [6.45, 7) is 3.88. The zero-order chi connectivity index (χ0) is 14.4. The highest BCUT2D eigenvalue weighted by Crippen LogP contribution is 2.35. The number of rotatable bonds is 3. The molecule has 1 fully saturated rings. The molecule has 0 saturated carbocycles. The number of hydrogen-bond donors (Lipinski definition) is 2. The summed E-state index contributed by atoms with van der Waals surface area (Å²) in [7, 11) is -3.70. The van der Waals surface area contributed by atoms with Crippen molar-refractivity contribution in [2.45, 2.75) is 24.3 Å². The summed E-state index contributed by atoms with van der Waals surface area (Å²) in [5, 5.41) is 10.4. The molecule has 5 nitrogen and oxygen atoms in total. The number of sulfonamides is 1. The summed E-state index contributed by atoms with van der Waals surface area (Å²) in [4.78, 5) is -0.00851. The van der Waals surface area contributed by atoms with Gasteiger partial charge in [0.2, 0.25) is 10.0 Å². The van der Waals surface area contributed by atoms with E-state index in [4.69, 9.17) is 17.3 Å². The molecule has 1 aliphatic heterocycles. The van der Waals surface area contributed by atoms with Gasteiger partial charge in [-0.25, -0.2) is 8.42 Å². The molecule has 2 rings (SSSR count). The highest BCUT2D eigenvalue weighted by Gasteiger charge is 2.49. The molecule has 0 bridgehead atoms. The van der Waals surface area contributed by atoms with Crippen LogP contribution in [0.15, 0.2) is 23.1 Å². The van der Waals surface area contributed by atoms with Gasteiger partial charge in [-0.3, -0.25) is 0 Å². The third-order valence-electron chi connectivity index (χ3n) is 3.57. The second-order valence-electron chi connectivity index (χ2n) is 5.21. The van der Waals surface area contributed by atoms with Crippen molar-refractivity contribution in [2.24, 2.45) is 5.92 Å². The van der Waals surface area contributed by atoms with Gasteiger partial charge in [-0.05, 0) is 24.1 Å². The van der Waals surface area contributed by atoms with E-state index >= 15 is 0 Å². The Hall–Kier alpha value is -0.820.